The first-order valence-corrected chi connectivity index (χ1v) is 12.5. The number of terminal acetylenes is 1. The van der Waals surface area contributed by atoms with Crippen molar-refractivity contribution in [2.24, 2.45) is 0 Å². The quantitative estimate of drug-likeness (QED) is 0.147. The molecule has 2 rings (SSSR count). The Morgan fingerprint density at radius 1 is 1.29 bits per heavy atom. The summed E-state index contributed by atoms with van der Waals surface area (Å²) in [4.78, 5) is 48.9. The van der Waals surface area contributed by atoms with Crippen molar-refractivity contribution in [3.63, 3.8) is 0 Å². The number of hydrogen-bond acceptors (Lipinski definition) is 10. The van der Waals surface area contributed by atoms with Crippen LogP contribution in [0.4, 0.5) is 4.39 Å². The molecule has 174 valence electrons. The molecular formula is C11H14FN2O13P3S. The molecule has 31 heavy (non-hydrogen) atoms. The van der Waals surface area contributed by atoms with E-state index in [-0.39, 0.29) is 4.77 Å². The SMILES string of the molecule is C#CC1(O)[C@@H](F)[C@@H](COP(=O)(O)OP(=O)(O)OP(=O)(O)O)O[C@H]1n1ccc(=O)[nH]c1=S. The Balaban J connectivity index is 2.19. The first-order valence-electron chi connectivity index (χ1n) is 7.59. The van der Waals surface area contributed by atoms with Crippen LogP contribution in [0.25, 0.3) is 0 Å². The number of rotatable bonds is 8. The summed E-state index contributed by atoms with van der Waals surface area (Å²) in [5.41, 5.74) is -3.31. The van der Waals surface area contributed by atoms with Gasteiger partial charge in [0.1, 0.15) is 6.10 Å². The Labute approximate surface area is 176 Å². The van der Waals surface area contributed by atoms with Crippen molar-refractivity contribution in [3.8, 4) is 12.3 Å². The van der Waals surface area contributed by atoms with Gasteiger partial charge in [-0.3, -0.25) is 18.9 Å². The summed E-state index contributed by atoms with van der Waals surface area (Å²) in [7, 11) is -17.0. The van der Waals surface area contributed by atoms with E-state index in [4.69, 9.17) is 38.1 Å². The lowest BCUT2D eigenvalue weighted by Crippen LogP contribution is -2.43. The molecule has 0 saturated carbocycles. The van der Waals surface area contributed by atoms with E-state index in [0.29, 0.717) is 0 Å². The van der Waals surface area contributed by atoms with Crippen LogP contribution in [0, 0.1) is 17.1 Å². The molecule has 1 aromatic rings. The topological polar surface area (TPSA) is 227 Å². The van der Waals surface area contributed by atoms with Crippen LogP contribution in [0.2, 0.25) is 0 Å². The molecule has 1 aromatic heterocycles. The van der Waals surface area contributed by atoms with Crippen LogP contribution in [0.15, 0.2) is 17.1 Å². The summed E-state index contributed by atoms with van der Waals surface area (Å²) >= 11 is 4.88. The van der Waals surface area contributed by atoms with E-state index in [1.54, 1.807) is 5.92 Å². The lowest BCUT2D eigenvalue weighted by Gasteiger charge is -2.25. The molecule has 0 spiro atoms. The highest BCUT2D eigenvalue weighted by Crippen LogP contribution is 2.66. The Bertz CT molecular complexity index is 1140. The Kier molecular flexibility index (Phi) is 7.64. The van der Waals surface area contributed by atoms with Gasteiger partial charge in [-0.25, -0.2) is 18.1 Å². The third-order valence-corrected chi connectivity index (χ3v) is 7.70. The number of aromatic amines is 1. The molecule has 3 unspecified atom stereocenters. The van der Waals surface area contributed by atoms with Gasteiger partial charge in [0, 0.05) is 12.3 Å². The Morgan fingerprint density at radius 2 is 1.90 bits per heavy atom. The number of H-pyrrole nitrogens is 1. The van der Waals surface area contributed by atoms with Crippen LogP contribution < -0.4 is 5.56 Å². The van der Waals surface area contributed by atoms with Gasteiger partial charge in [-0.2, -0.15) is 8.62 Å². The molecule has 0 aliphatic carbocycles. The first-order chi connectivity index (χ1) is 14.0. The summed E-state index contributed by atoms with van der Waals surface area (Å²) in [5, 5.41) is 10.5. The average Bonchev–Trinajstić information content (AvgIpc) is 2.82. The van der Waals surface area contributed by atoms with E-state index >= 15 is 0 Å². The number of aliphatic hydroxyl groups is 1. The van der Waals surface area contributed by atoms with E-state index in [9.17, 15) is 32.9 Å². The summed E-state index contributed by atoms with van der Waals surface area (Å²) in [5.74, 6) is 1.76. The van der Waals surface area contributed by atoms with Gasteiger partial charge in [0.2, 0.25) is 5.60 Å². The lowest BCUT2D eigenvalue weighted by molar-refractivity contribution is -0.0735. The van der Waals surface area contributed by atoms with Crippen LogP contribution >= 0.6 is 35.7 Å². The molecule has 15 nitrogen and oxygen atoms in total. The van der Waals surface area contributed by atoms with Gasteiger partial charge in [-0.1, -0.05) is 5.92 Å². The highest BCUT2D eigenvalue weighted by molar-refractivity contribution is 7.71. The number of nitrogens with zero attached hydrogens (tertiary/aromatic N) is 1. The molecule has 0 aromatic carbocycles. The van der Waals surface area contributed by atoms with Crippen LogP contribution in [-0.2, 0) is 31.6 Å². The zero-order valence-corrected chi connectivity index (χ0v) is 18.2. The van der Waals surface area contributed by atoms with E-state index in [2.05, 4.69) is 18.1 Å². The fourth-order valence-electron chi connectivity index (χ4n) is 2.39. The molecule has 1 saturated heterocycles. The fraction of sp³-hybridized carbons (Fsp3) is 0.455. The minimum Gasteiger partial charge on any atom is -0.371 e. The highest BCUT2D eigenvalue weighted by Gasteiger charge is 2.57. The molecule has 6 atom stereocenters. The molecule has 0 amide bonds. The maximum Gasteiger partial charge on any atom is 0.490 e. The number of hydrogen-bond donors (Lipinski definition) is 6. The van der Waals surface area contributed by atoms with Crippen LogP contribution in [0.3, 0.4) is 0 Å². The van der Waals surface area contributed by atoms with E-state index < -0.39 is 59.7 Å². The molecule has 2 heterocycles. The summed E-state index contributed by atoms with van der Waals surface area (Å²) < 4.78 is 65.5. The highest BCUT2D eigenvalue weighted by atomic mass is 32.1. The number of halogens is 1. The standard InChI is InChI=1S/C11H14FN2O13P3S/c1-2-11(16)8(12)6(25-9(11)14-4-3-7(15)13-10(14)31)5-24-29(20,21)27-30(22,23)26-28(17,18)19/h1,3-4,6,8-9,16H,5H2,(H,20,21)(H,22,23)(H,13,15,31)(H2,17,18,19)/t6-,8+,9-,11?/m1/s1. The normalized spacial score (nSPS) is 30.3. The molecule has 6 N–H and O–H groups in total. The van der Waals surface area contributed by atoms with Crippen LogP contribution in [-0.4, -0.2) is 58.7 Å². The lowest BCUT2D eigenvalue weighted by atomic mass is 9.96. The molecule has 1 fully saturated rings. The van der Waals surface area contributed by atoms with Crippen molar-refractivity contribution >= 4 is 35.7 Å². The number of ether oxygens (including phenoxy) is 1. The third kappa shape index (κ3) is 6.47. The van der Waals surface area contributed by atoms with Crippen molar-refractivity contribution in [2.45, 2.75) is 24.1 Å². The van der Waals surface area contributed by atoms with Gasteiger partial charge in [0.15, 0.2) is 17.2 Å². The number of nitrogens with one attached hydrogen (secondary N) is 1. The fourth-order valence-corrected chi connectivity index (χ4v) is 5.68. The second-order valence-corrected chi connectivity index (χ2v) is 10.6. The maximum atomic E-state index is 14.8. The van der Waals surface area contributed by atoms with Gasteiger partial charge in [-0.05, 0) is 12.2 Å². The molecule has 20 heteroatoms. The average molecular weight is 526 g/mol. The van der Waals surface area contributed by atoms with Crippen LogP contribution in [0.5, 0.6) is 0 Å². The van der Waals surface area contributed by atoms with Crippen molar-refractivity contribution in [3.05, 3.63) is 27.4 Å². The number of phosphoric ester groups is 1. The summed E-state index contributed by atoms with van der Waals surface area (Å²) in [6, 6.07) is 0.961. The van der Waals surface area contributed by atoms with Crippen molar-refractivity contribution < 1.29 is 60.6 Å². The molecule has 0 bridgehead atoms. The largest absolute Gasteiger partial charge is 0.490 e. The monoisotopic (exact) mass is 526 g/mol. The summed E-state index contributed by atoms with van der Waals surface area (Å²) in [6.45, 7) is -1.21. The number of phosphoric acid groups is 3. The minimum atomic E-state index is -5.78. The van der Waals surface area contributed by atoms with Gasteiger partial charge < -0.3 is 29.4 Å². The number of alkyl halides is 1. The molecule has 1 aliphatic rings. The smallest absolute Gasteiger partial charge is 0.371 e. The van der Waals surface area contributed by atoms with Gasteiger partial charge in [0.05, 0.1) is 6.61 Å². The van der Waals surface area contributed by atoms with Crippen LogP contribution in [0.1, 0.15) is 6.23 Å². The van der Waals surface area contributed by atoms with E-state index in [1.807, 2.05) is 0 Å². The van der Waals surface area contributed by atoms with E-state index in [0.717, 1.165) is 16.8 Å². The Morgan fingerprint density at radius 3 is 2.42 bits per heavy atom. The molecule has 1 aliphatic heterocycles. The zero-order valence-electron chi connectivity index (χ0n) is 14.7. The predicted octanol–water partition coefficient (Wildman–Crippen LogP) is -0.151. The second-order valence-electron chi connectivity index (χ2n) is 5.80. The Hall–Kier alpha value is -1.08. The van der Waals surface area contributed by atoms with Crippen molar-refractivity contribution in [1.82, 2.24) is 9.55 Å². The van der Waals surface area contributed by atoms with Gasteiger partial charge in [0.25, 0.3) is 5.56 Å². The van der Waals surface area contributed by atoms with Crippen molar-refractivity contribution in [2.75, 3.05) is 6.61 Å². The zero-order chi connectivity index (χ0) is 23.8. The minimum absolute atomic E-state index is 0.313. The maximum absolute atomic E-state index is 14.8. The van der Waals surface area contributed by atoms with E-state index in [1.165, 1.54) is 0 Å². The first kappa shape index (κ1) is 26.2. The predicted molar refractivity (Wildman–Crippen MR) is 98.3 cm³/mol. The molecular weight excluding hydrogens is 512 g/mol. The summed E-state index contributed by atoms with van der Waals surface area (Å²) in [6.07, 6.45) is 0.147. The van der Waals surface area contributed by atoms with Gasteiger partial charge in [-0.15, -0.1) is 6.42 Å². The number of aromatic nitrogens is 2. The third-order valence-electron chi connectivity index (χ3n) is 3.58. The van der Waals surface area contributed by atoms with Crippen molar-refractivity contribution in [1.29, 1.82) is 0 Å². The molecule has 0 radical (unpaired) electrons. The second kappa shape index (κ2) is 9.05. The van der Waals surface area contributed by atoms with Gasteiger partial charge >= 0.3 is 23.5 Å².